The molecule has 0 bridgehead atoms. The van der Waals surface area contributed by atoms with Crippen LogP contribution in [0.5, 0.6) is 0 Å². The summed E-state index contributed by atoms with van der Waals surface area (Å²) in [6, 6.07) is 9.60. The molecule has 0 saturated heterocycles. The molecule has 1 N–H and O–H groups in total. The molecule has 5 nitrogen and oxygen atoms in total. The number of hydrogen-bond donors (Lipinski definition) is 1. The van der Waals surface area contributed by atoms with Crippen molar-refractivity contribution >= 4 is 5.97 Å². The molecular weight excluding hydrogens is 242 g/mol. The molecule has 2 rings (SSSR count). The van der Waals surface area contributed by atoms with Gasteiger partial charge in [0.15, 0.2) is 0 Å². The predicted molar refractivity (Wildman–Crippen MR) is 72.5 cm³/mol. The average Bonchev–Trinajstić information content (AvgIpc) is 2.93. The van der Waals surface area contributed by atoms with Crippen LogP contribution in [0.3, 0.4) is 0 Å². The summed E-state index contributed by atoms with van der Waals surface area (Å²) in [7, 11) is 3.11. The Balaban J connectivity index is 2.11. The highest BCUT2D eigenvalue weighted by atomic mass is 16.5. The normalized spacial score (nSPS) is 12.1. The number of benzene rings is 1. The molecular formula is C14H17N3O2. The van der Waals surface area contributed by atoms with E-state index in [1.54, 1.807) is 17.9 Å². The zero-order chi connectivity index (χ0) is 13.7. The number of esters is 1. The van der Waals surface area contributed by atoms with Gasteiger partial charge < -0.3 is 10.1 Å². The maximum atomic E-state index is 11.5. The fourth-order valence-corrected chi connectivity index (χ4v) is 1.86. The van der Waals surface area contributed by atoms with Crippen LogP contribution in [0.15, 0.2) is 42.7 Å². The zero-order valence-corrected chi connectivity index (χ0v) is 11.0. The summed E-state index contributed by atoms with van der Waals surface area (Å²) < 4.78 is 6.46. The first-order valence-electron chi connectivity index (χ1n) is 6.07. The van der Waals surface area contributed by atoms with Gasteiger partial charge in [0.2, 0.25) is 0 Å². The average molecular weight is 259 g/mol. The number of aromatic nitrogens is 2. The second-order valence-electron chi connectivity index (χ2n) is 4.18. The molecule has 1 aromatic carbocycles. The summed E-state index contributed by atoms with van der Waals surface area (Å²) >= 11 is 0. The molecule has 1 aromatic heterocycles. The minimum atomic E-state index is -0.395. The van der Waals surface area contributed by atoms with E-state index in [0.29, 0.717) is 6.54 Å². The van der Waals surface area contributed by atoms with Crippen molar-refractivity contribution in [3.05, 3.63) is 42.7 Å². The zero-order valence-electron chi connectivity index (χ0n) is 11.0. The number of likely N-dealkylation sites (N-methyl/N-ethyl adjacent to an activating group) is 1. The van der Waals surface area contributed by atoms with E-state index >= 15 is 0 Å². The molecule has 1 atom stereocenters. The van der Waals surface area contributed by atoms with Crippen LogP contribution < -0.4 is 5.32 Å². The molecule has 1 heterocycles. The molecule has 0 aliphatic rings. The third kappa shape index (κ3) is 3.20. The van der Waals surface area contributed by atoms with Gasteiger partial charge in [0.1, 0.15) is 6.04 Å². The van der Waals surface area contributed by atoms with E-state index in [9.17, 15) is 4.79 Å². The van der Waals surface area contributed by atoms with Crippen LogP contribution in [-0.4, -0.2) is 35.9 Å². The fourth-order valence-electron chi connectivity index (χ4n) is 1.86. The summed E-state index contributed by atoms with van der Waals surface area (Å²) in [6.07, 6.45) is 3.71. The Morgan fingerprint density at radius 2 is 2.11 bits per heavy atom. The first-order chi connectivity index (χ1) is 9.24. The van der Waals surface area contributed by atoms with Crippen molar-refractivity contribution in [2.75, 3.05) is 14.2 Å². The third-order valence-electron chi connectivity index (χ3n) is 2.94. The van der Waals surface area contributed by atoms with Gasteiger partial charge in [0, 0.05) is 11.8 Å². The van der Waals surface area contributed by atoms with Crippen LogP contribution in [-0.2, 0) is 16.1 Å². The summed E-state index contributed by atoms with van der Waals surface area (Å²) in [5, 5.41) is 7.18. The topological polar surface area (TPSA) is 56.2 Å². The van der Waals surface area contributed by atoms with Gasteiger partial charge in [-0.15, -0.1) is 0 Å². The first kappa shape index (κ1) is 13.3. The van der Waals surface area contributed by atoms with Crippen molar-refractivity contribution in [1.29, 1.82) is 0 Å². The molecule has 0 aliphatic carbocycles. The van der Waals surface area contributed by atoms with E-state index in [2.05, 4.69) is 10.4 Å². The molecule has 0 spiro atoms. The molecule has 0 fully saturated rings. The number of ether oxygens (including phenoxy) is 1. The first-order valence-corrected chi connectivity index (χ1v) is 6.07. The maximum absolute atomic E-state index is 11.5. The predicted octanol–water partition coefficient (Wildman–Crippen LogP) is 1.31. The molecule has 0 saturated carbocycles. The van der Waals surface area contributed by atoms with Crippen molar-refractivity contribution < 1.29 is 9.53 Å². The van der Waals surface area contributed by atoms with Gasteiger partial charge in [-0.25, -0.2) is 0 Å². The number of rotatable bonds is 5. The number of methoxy groups -OCH3 is 1. The minimum Gasteiger partial charge on any atom is -0.468 e. The van der Waals surface area contributed by atoms with Gasteiger partial charge in [-0.05, 0) is 12.6 Å². The smallest absolute Gasteiger partial charge is 0.324 e. The lowest BCUT2D eigenvalue weighted by Crippen LogP contribution is -2.38. The second kappa shape index (κ2) is 6.15. The van der Waals surface area contributed by atoms with Gasteiger partial charge in [-0.2, -0.15) is 5.10 Å². The fraction of sp³-hybridized carbons (Fsp3) is 0.286. The van der Waals surface area contributed by atoms with E-state index < -0.39 is 6.04 Å². The summed E-state index contributed by atoms with van der Waals surface area (Å²) in [5.41, 5.74) is 2.13. The van der Waals surface area contributed by atoms with Crippen molar-refractivity contribution in [3.8, 4) is 11.1 Å². The Morgan fingerprint density at radius 1 is 1.37 bits per heavy atom. The van der Waals surface area contributed by atoms with Gasteiger partial charge in [0.05, 0.1) is 19.9 Å². The van der Waals surface area contributed by atoms with Crippen molar-refractivity contribution in [3.63, 3.8) is 0 Å². The van der Waals surface area contributed by atoms with Gasteiger partial charge in [0.25, 0.3) is 0 Å². The van der Waals surface area contributed by atoms with Crippen molar-refractivity contribution in [2.45, 2.75) is 12.6 Å². The lowest BCUT2D eigenvalue weighted by Gasteiger charge is -2.13. The summed E-state index contributed by atoms with van der Waals surface area (Å²) in [5.74, 6) is -0.292. The van der Waals surface area contributed by atoms with Crippen LogP contribution in [0.4, 0.5) is 0 Å². The van der Waals surface area contributed by atoms with Crippen LogP contribution >= 0.6 is 0 Å². The Labute approximate surface area is 112 Å². The van der Waals surface area contributed by atoms with E-state index in [-0.39, 0.29) is 5.97 Å². The number of nitrogens with zero attached hydrogens (tertiary/aromatic N) is 2. The quantitative estimate of drug-likeness (QED) is 0.823. The van der Waals surface area contributed by atoms with E-state index in [1.807, 2.05) is 36.5 Å². The Morgan fingerprint density at radius 3 is 2.74 bits per heavy atom. The lowest BCUT2D eigenvalue weighted by molar-refractivity contribution is -0.143. The van der Waals surface area contributed by atoms with Gasteiger partial charge >= 0.3 is 5.97 Å². The summed E-state index contributed by atoms with van der Waals surface area (Å²) in [4.78, 5) is 11.5. The molecule has 5 heteroatoms. The standard InChI is InChI=1S/C14H17N3O2/c1-15-13(14(18)19-2)10-17-9-12(8-16-17)11-6-4-3-5-7-11/h3-9,13,15H,10H2,1-2H3. The van der Waals surface area contributed by atoms with Crippen LogP contribution in [0.1, 0.15) is 0 Å². The van der Waals surface area contributed by atoms with Crippen LogP contribution in [0.25, 0.3) is 11.1 Å². The second-order valence-corrected chi connectivity index (χ2v) is 4.18. The highest BCUT2D eigenvalue weighted by Crippen LogP contribution is 2.17. The molecule has 0 aliphatic heterocycles. The Bertz CT molecular complexity index is 537. The lowest BCUT2D eigenvalue weighted by atomic mass is 10.1. The summed E-state index contributed by atoms with van der Waals surface area (Å²) in [6.45, 7) is 0.440. The highest BCUT2D eigenvalue weighted by molar-refractivity contribution is 5.75. The molecule has 19 heavy (non-hydrogen) atoms. The third-order valence-corrected chi connectivity index (χ3v) is 2.94. The highest BCUT2D eigenvalue weighted by Gasteiger charge is 2.17. The Kier molecular flexibility index (Phi) is 4.30. The monoisotopic (exact) mass is 259 g/mol. The number of hydrogen-bond acceptors (Lipinski definition) is 4. The van der Waals surface area contributed by atoms with E-state index in [1.165, 1.54) is 7.11 Å². The number of nitrogens with one attached hydrogen (secondary N) is 1. The van der Waals surface area contributed by atoms with Crippen molar-refractivity contribution in [2.24, 2.45) is 0 Å². The molecule has 1 unspecified atom stereocenters. The SMILES string of the molecule is CNC(Cn1cc(-c2ccccc2)cn1)C(=O)OC. The Hall–Kier alpha value is -2.14. The minimum absolute atomic E-state index is 0.292. The van der Waals surface area contributed by atoms with Gasteiger partial charge in [-0.3, -0.25) is 9.48 Å². The van der Waals surface area contributed by atoms with E-state index in [4.69, 9.17) is 4.74 Å². The largest absolute Gasteiger partial charge is 0.468 e. The van der Waals surface area contributed by atoms with Gasteiger partial charge in [-0.1, -0.05) is 30.3 Å². The molecule has 0 radical (unpaired) electrons. The van der Waals surface area contributed by atoms with E-state index in [0.717, 1.165) is 11.1 Å². The molecule has 0 amide bonds. The van der Waals surface area contributed by atoms with Crippen LogP contribution in [0.2, 0.25) is 0 Å². The maximum Gasteiger partial charge on any atom is 0.324 e. The van der Waals surface area contributed by atoms with Crippen LogP contribution in [0, 0.1) is 0 Å². The molecule has 2 aromatic rings. The number of carbonyl (C=O) groups excluding carboxylic acids is 1. The molecule has 100 valence electrons. The number of carbonyl (C=O) groups is 1. The van der Waals surface area contributed by atoms with Crippen molar-refractivity contribution in [1.82, 2.24) is 15.1 Å².